The molecule has 0 aliphatic rings. The summed E-state index contributed by atoms with van der Waals surface area (Å²) in [6.07, 6.45) is 0. The maximum absolute atomic E-state index is 12.3. The second-order valence-electron chi connectivity index (χ2n) is 4.37. The predicted octanol–water partition coefficient (Wildman–Crippen LogP) is 3.32. The number of rotatable bonds is 0. The molecule has 3 rings (SSSR count). The molecule has 0 saturated carbocycles. The fourth-order valence-corrected chi connectivity index (χ4v) is 2.30. The van der Waals surface area contributed by atoms with Crippen molar-refractivity contribution in [2.45, 2.75) is 6.92 Å². The molecule has 5 heteroatoms. The second kappa shape index (κ2) is 3.90. The summed E-state index contributed by atoms with van der Waals surface area (Å²) in [5.41, 5.74) is 0.732. The van der Waals surface area contributed by atoms with Crippen LogP contribution in [-0.2, 0) is 0 Å². The number of hydrogen-bond acceptors (Lipinski definition) is 4. The monoisotopic (exact) mass is 276 g/mol. The van der Waals surface area contributed by atoms with Crippen molar-refractivity contribution >= 4 is 33.5 Å². The molecule has 1 heterocycles. The minimum atomic E-state index is -0.294. The SMILES string of the molecule is Cc1cc2c(=O)c3cc(O)cc(Cl)c3oc2cc1O. The van der Waals surface area contributed by atoms with Crippen molar-refractivity contribution in [2.24, 2.45) is 0 Å². The summed E-state index contributed by atoms with van der Waals surface area (Å²) < 4.78 is 5.55. The van der Waals surface area contributed by atoms with Crippen molar-refractivity contribution in [3.05, 3.63) is 45.1 Å². The van der Waals surface area contributed by atoms with Gasteiger partial charge in [-0.2, -0.15) is 0 Å². The number of phenols is 2. The lowest BCUT2D eigenvalue weighted by Gasteiger charge is -2.05. The molecule has 3 aromatic rings. The Balaban J connectivity index is 2.60. The summed E-state index contributed by atoms with van der Waals surface area (Å²) in [5, 5.41) is 19.9. The van der Waals surface area contributed by atoms with Gasteiger partial charge in [0.15, 0.2) is 5.58 Å². The number of halogens is 1. The van der Waals surface area contributed by atoms with Crippen molar-refractivity contribution < 1.29 is 14.6 Å². The molecule has 0 spiro atoms. The van der Waals surface area contributed by atoms with Crippen molar-refractivity contribution in [1.29, 1.82) is 0 Å². The first-order valence-electron chi connectivity index (χ1n) is 5.56. The summed E-state index contributed by atoms with van der Waals surface area (Å²) in [4.78, 5) is 12.3. The molecule has 0 atom stereocenters. The molecule has 0 aliphatic heterocycles. The van der Waals surface area contributed by atoms with E-state index in [0.717, 1.165) is 0 Å². The van der Waals surface area contributed by atoms with Crippen LogP contribution in [0.5, 0.6) is 11.5 Å². The topological polar surface area (TPSA) is 70.7 Å². The molecule has 1 aromatic heterocycles. The van der Waals surface area contributed by atoms with E-state index in [0.29, 0.717) is 10.9 Å². The van der Waals surface area contributed by atoms with Crippen LogP contribution in [-0.4, -0.2) is 10.2 Å². The zero-order valence-electron chi connectivity index (χ0n) is 9.90. The molecule has 0 bridgehead atoms. The standard InChI is InChI=1S/C14H9ClO4/c1-6-2-8-12(5-11(6)17)19-14-9(13(8)18)3-7(16)4-10(14)15/h2-5,16-17H,1H3. The molecule has 0 radical (unpaired) electrons. The van der Waals surface area contributed by atoms with Gasteiger partial charge in [-0.3, -0.25) is 4.79 Å². The highest BCUT2D eigenvalue weighted by Gasteiger charge is 2.13. The van der Waals surface area contributed by atoms with E-state index in [9.17, 15) is 15.0 Å². The van der Waals surface area contributed by atoms with E-state index in [1.807, 2.05) is 0 Å². The van der Waals surface area contributed by atoms with E-state index < -0.39 is 0 Å². The van der Waals surface area contributed by atoms with Gasteiger partial charge in [-0.25, -0.2) is 0 Å². The molecule has 19 heavy (non-hydrogen) atoms. The summed E-state index contributed by atoms with van der Waals surface area (Å²) in [7, 11) is 0. The largest absolute Gasteiger partial charge is 0.508 e. The Kier molecular flexibility index (Phi) is 2.43. The Hall–Kier alpha value is -2.20. The molecule has 0 amide bonds. The van der Waals surface area contributed by atoms with E-state index in [1.165, 1.54) is 18.2 Å². The van der Waals surface area contributed by atoms with Crippen molar-refractivity contribution in [1.82, 2.24) is 0 Å². The first-order valence-corrected chi connectivity index (χ1v) is 5.94. The lowest BCUT2D eigenvalue weighted by atomic mass is 10.1. The van der Waals surface area contributed by atoms with Crippen LogP contribution in [0, 0.1) is 6.92 Å². The summed E-state index contributed by atoms with van der Waals surface area (Å²) in [6.45, 7) is 1.69. The van der Waals surface area contributed by atoms with Crippen molar-refractivity contribution in [3.8, 4) is 11.5 Å². The normalized spacial score (nSPS) is 11.3. The molecule has 2 N–H and O–H groups in total. The van der Waals surface area contributed by atoms with Crippen LogP contribution in [0.25, 0.3) is 21.9 Å². The van der Waals surface area contributed by atoms with E-state index >= 15 is 0 Å². The average Bonchev–Trinajstić information content (AvgIpc) is 2.34. The quantitative estimate of drug-likeness (QED) is 0.618. The van der Waals surface area contributed by atoms with Gasteiger partial charge in [0.2, 0.25) is 5.43 Å². The fraction of sp³-hybridized carbons (Fsp3) is 0.0714. The van der Waals surface area contributed by atoms with E-state index in [1.54, 1.807) is 13.0 Å². The summed E-state index contributed by atoms with van der Waals surface area (Å²) in [5.74, 6) is -0.0513. The number of aromatic hydroxyl groups is 2. The van der Waals surface area contributed by atoms with E-state index in [4.69, 9.17) is 16.0 Å². The first-order chi connectivity index (χ1) is 8.97. The van der Waals surface area contributed by atoms with Gasteiger partial charge in [0.1, 0.15) is 17.1 Å². The number of benzene rings is 2. The number of aryl methyl sites for hydroxylation is 1. The van der Waals surface area contributed by atoms with Crippen LogP contribution in [0.2, 0.25) is 5.02 Å². The first kappa shape index (κ1) is 11.9. The van der Waals surface area contributed by atoms with Gasteiger partial charge in [-0.15, -0.1) is 0 Å². The van der Waals surface area contributed by atoms with Gasteiger partial charge in [0, 0.05) is 12.1 Å². The van der Waals surface area contributed by atoms with Crippen molar-refractivity contribution in [2.75, 3.05) is 0 Å². The maximum atomic E-state index is 12.3. The molecule has 96 valence electrons. The minimum absolute atomic E-state index is 0.0462. The van der Waals surface area contributed by atoms with Gasteiger partial charge >= 0.3 is 0 Å². The Morgan fingerprint density at radius 3 is 2.58 bits per heavy atom. The van der Waals surface area contributed by atoms with Crippen LogP contribution in [0.4, 0.5) is 0 Å². The van der Waals surface area contributed by atoms with Gasteiger partial charge in [0.05, 0.1) is 15.8 Å². The molecule has 4 nitrogen and oxygen atoms in total. The van der Waals surface area contributed by atoms with Gasteiger partial charge < -0.3 is 14.6 Å². The van der Waals surface area contributed by atoms with Crippen LogP contribution in [0.15, 0.2) is 33.5 Å². The van der Waals surface area contributed by atoms with Gasteiger partial charge in [-0.05, 0) is 24.6 Å². The van der Waals surface area contributed by atoms with Crippen LogP contribution < -0.4 is 5.43 Å². The highest BCUT2D eigenvalue weighted by atomic mass is 35.5. The molecule has 0 fully saturated rings. The smallest absolute Gasteiger partial charge is 0.200 e. The third-order valence-corrected chi connectivity index (χ3v) is 3.31. The molecule has 0 unspecified atom stereocenters. The average molecular weight is 277 g/mol. The predicted molar refractivity (Wildman–Crippen MR) is 73.1 cm³/mol. The minimum Gasteiger partial charge on any atom is -0.508 e. The third kappa shape index (κ3) is 1.72. The van der Waals surface area contributed by atoms with Gasteiger partial charge in [0.25, 0.3) is 0 Å². The van der Waals surface area contributed by atoms with Gasteiger partial charge in [-0.1, -0.05) is 11.6 Å². The van der Waals surface area contributed by atoms with E-state index in [-0.39, 0.29) is 38.5 Å². The molecular formula is C14H9ClO4. The molecule has 2 aromatic carbocycles. The van der Waals surface area contributed by atoms with E-state index in [2.05, 4.69) is 0 Å². The second-order valence-corrected chi connectivity index (χ2v) is 4.78. The Morgan fingerprint density at radius 1 is 1.11 bits per heavy atom. The maximum Gasteiger partial charge on any atom is 0.200 e. The Bertz CT molecular complexity index is 880. The highest BCUT2D eigenvalue weighted by molar-refractivity contribution is 6.35. The highest BCUT2D eigenvalue weighted by Crippen LogP contribution is 2.31. The molecular weight excluding hydrogens is 268 g/mol. The number of hydrogen-bond donors (Lipinski definition) is 2. The zero-order chi connectivity index (χ0) is 13.7. The van der Waals surface area contributed by atoms with Crippen LogP contribution in [0.1, 0.15) is 5.56 Å². The summed E-state index contributed by atoms with van der Waals surface area (Å²) in [6, 6.07) is 5.55. The lowest BCUT2D eigenvalue weighted by molar-refractivity contribution is 0.470. The number of fused-ring (bicyclic) bond motifs is 2. The third-order valence-electron chi connectivity index (χ3n) is 3.03. The fourth-order valence-electron chi connectivity index (χ4n) is 2.05. The number of phenolic OH excluding ortho intramolecular Hbond substituents is 2. The van der Waals surface area contributed by atoms with Crippen LogP contribution >= 0.6 is 11.6 Å². The zero-order valence-corrected chi connectivity index (χ0v) is 10.7. The lowest BCUT2D eigenvalue weighted by Crippen LogP contribution is -2.02. The molecule has 0 saturated heterocycles. The van der Waals surface area contributed by atoms with Crippen LogP contribution in [0.3, 0.4) is 0 Å². The Labute approximate surface area is 112 Å². The summed E-state index contributed by atoms with van der Waals surface area (Å²) >= 11 is 5.95. The molecule has 0 aliphatic carbocycles. The van der Waals surface area contributed by atoms with Crippen molar-refractivity contribution in [3.63, 3.8) is 0 Å². The Morgan fingerprint density at radius 2 is 1.84 bits per heavy atom.